The molecule has 0 spiro atoms. The summed E-state index contributed by atoms with van der Waals surface area (Å²) in [6.07, 6.45) is 0. The van der Waals surface area contributed by atoms with Crippen LogP contribution in [0, 0.1) is 0 Å². The van der Waals surface area contributed by atoms with Crippen molar-refractivity contribution in [3.8, 4) is 73.1 Å². The fourth-order valence-corrected chi connectivity index (χ4v) is 9.13. The maximum atomic E-state index is 5.52. The molecule has 0 atom stereocenters. The van der Waals surface area contributed by atoms with Crippen molar-refractivity contribution in [2.75, 3.05) is 0 Å². The Morgan fingerprint density at radius 1 is 0.270 bits per heavy atom. The second kappa shape index (κ2) is 15.2. The predicted octanol–water partition coefficient (Wildman–Crippen LogP) is 15.3. The van der Waals surface area contributed by atoms with Crippen LogP contribution in [-0.2, 0) is 0 Å². The highest BCUT2D eigenvalue weighted by Crippen LogP contribution is 2.41. The topological polar surface area (TPSA) is 43.6 Å². The van der Waals surface area contributed by atoms with Crippen LogP contribution in [0.25, 0.3) is 117 Å². The molecular formula is C59H38N4. The summed E-state index contributed by atoms with van der Waals surface area (Å²) in [6, 6.07) is 81.5. The molecular weight excluding hydrogens is 765 g/mol. The summed E-state index contributed by atoms with van der Waals surface area (Å²) in [5, 5.41) is 5.78. The van der Waals surface area contributed by atoms with Crippen LogP contribution < -0.4 is 0 Å². The van der Waals surface area contributed by atoms with E-state index in [4.69, 9.17) is 15.0 Å². The third kappa shape index (κ3) is 6.53. The minimum atomic E-state index is 0.670. The van der Waals surface area contributed by atoms with Gasteiger partial charge in [0.2, 0.25) is 0 Å². The summed E-state index contributed by atoms with van der Waals surface area (Å²) < 4.78 is 2.38. The van der Waals surface area contributed by atoms with E-state index in [9.17, 15) is 0 Å². The lowest BCUT2D eigenvalue weighted by atomic mass is 9.94. The SMILES string of the molecule is c1ccc(-c2cc(-c3ccccc3)cc(-c3cc(-c4ccc5c(c4)nc(-c4ccccc4)c4cc6c(cc45)c4ccccc4n6-c4ccccc4)nc(-c4ccccc4)n3)c2)cc1. The van der Waals surface area contributed by atoms with Gasteiger partial charge in [-0.2, -0.15) is 0 Å². The molecule has 294 valence electrons. The van der Waals surface area contributed by atoms with Crippen molar-refractivity contribution in [1.82, 2.24) is 19.5 Å². The van der Waals surface area contributed by atoms with E-state index < -0.39 is 0 Å². The molecule has 0 unspecified atom stereocenters. The maximum absolute atomic E-state index is 5.52. The van der Waals surface area contributed by atoms with Crippen molar-refractivity contribution in [2.45, 2.75) is 0 Å². The van der Waals surface area contributed by atoms with Crippen LogP contribution in [0.1, 0.15) is 0 Å². The first-order valence-corrected chi connectivity index (χ1v) is 21.3. The van der Waals surface area contributed by atoms with Crippen LogP contribution in [0.3, 0.4) is 0 Å². The minimum Gasteiger partial charge on any atom is -0.309 e. The van der Waals surface area contributed by atoms with Crippen LogP contribution in [0.4, 0.5) is 0 Å². The van der Waals surface area contributed by atoms with E-state index in [-0.39, 0.29) is 0 Å². The molecule has 12 rings (SSSR count). The van der Waals surface area contributed by atoms with Crippen molar-refractivity contribution >= 4 is 43.5 Å². The van der Waals surface area contributed by atoms with Crippen LogP contribution >= 0.6 is 0 Å². The zero-order valence-corrected chi connectivity index (χ0v) is 34.2. The molecule has 4 heteroatoms. The summed E-state index contributed by atoms with van der Waals surface area (Å²) in [6.45, 7) is 0. The Labute approximate surface area is 365 Å². The molecule has 0 saturated heterocycles. The van der Waals surface area contributed by atoms with Gasteiger partial charge in [-0.25, -0.2) is 15.0 Å². The Bertz CT molecular complexity index is 3580. The molecule has 3 heterocycles. The molecule has 0 radical (unpaired) electrons. The smallest absolute Gasteiger partial charge is 0.160 e. The van der Waals surface area contributed by atoms with Gasteiger partial charge in [0.25, 0.3) is 0 Å². The quantitative estimate of drug-likeness (QED) is 0.151. The van der Waals surface area contributed by atoms with Gasteiger partial charge >= 0.3 is 0 Å². The largest absolute Gasteiger partial charge is 0.309 e. The van der Waals surface area contributed by atoms with Crippen molar-refractivity contribution < 1.29 is 0 Å². The van der Waals surface area contributed by atoms with Crippen molar-refractivity contribution in [3.05, 3.63) is 231 Å². The lowest BCUT2D eigenvalue weighted by Gasteiger charge is -2.15. The molecule has 9 aromatic carbocycles. The zero-order valence-electron chi connectivity index (χ0n) is 34.2. The van der Waals surface area contributed by atoms with Gasteiger partial charge in [0.05, 0.1) is 33.6 Å². The number of benzene rings is 9. The highest BCUT2D eigenvalue weighted by molar-refractivity contribution is 6.20. The number of pyridine rings is 1. The number of hydrogen-bond acceptors (Lipinski definition) is 3. The van der Waals surface area contributed by atoms with E-state index in [0.29, 0.717) is 5.82 Å². The van der Waals surface area contributed by atoms with E-state index in [1.807, 2.05) is 18.2 Å². The monoisotopic (exact) mass is 802 g/mol. The fraction of sp³-hybridized carbons (Fsp3) is 0. The van der Waals surface area contributed by atoms with Gasteiger partial charge in [-0.1, -0.05) is 170 Å². The Kier molecular flexibility index (Phi) is 8.79. The summed E-state index contributed by atoms with van der Waals surface area (Å²) in [5.74, 6) is 0.670. The molecule has 12 aromatic rings. The van der Waals surface area contributed by atoms with Gasteiger partial charge < -0.3 is 4.57 Å². The highest BCUT2D eigenvalue weighted by atomic mass is 15.0. The average molecular weight is 803 g/mol. The molecule has 0 aliphatic rings. The average Bonchev–Trinajstić information content (AvgIpc) is 3.69. The third-order valence-corrected chi connectivity index (χ3v) is 12.1. The standard InChI is InChI=1S/C59H38N4/c1-6-18-39(19-7-1)44-32-45(40-20-8-2-9-21-40)34-46(33-44)54-38-53(61-59(62-54)42-24-12-4-13-25-42)43-30-31-48-50-36-51-49-28-16-17-29-56(49)63(47-26-14-5-15-27-47)57(51)37-52(50)58(60-55(48)35-43)41-22-10-3-11-23-41/h1-38H. The van der Waals surface area contributed by atoms with Gasteiger partial charge in [-0.15, -0.1) is 0 Å². The number of nitrogens with zero attached hydrogens (tertiary/aromatic N) is 4. The molecule has 63 heavy (non-hydrogen) atoms. The van der Waals surface area contributed by atoms with Crippen LogP contribution in [0.15, 0.2) is 231 Å². The second-order valence-corrected chi connectivity index (χ2v) is 16.0. The molecule has 0 N–H and O–H groups in total. The van der Waals surface area contributed by atoms with E-state index in [1.54, 1.807) is 0 Å². The number of aromatic nitrogens is 4. The Morgan fingerprint density at radius 3 is 1.46 bits per heavy atom. The molecule has 0 saturated carbocycles. The van der Waals surface area contributed by atoms with E-state index in [0.717, 1.165) is 94.5 Å². The lowest BCUT2D eigenvalue weighted by molar-refractivity contribution is 1.18. The van der Waals surface area contributed by atoms with Crippen LogP contribution in [0.2, 0.25) is 0 Å². The van der Waals surface area contributed by atoms with Gasteiger partial charge in [0, 0.05) is 49.5 Å². The molecule has 0 aliphatic heterocycles. The molecule has 0 fully saturated rings. The summed E-state index contributed by atoms with van der Waals surface area (Å²) >= 11 is 0. The lowest BCUT2D eigenvalue weighted by Crippen LogP contribution is -1.97. The van der Waals surface area contributed by atoms with Crippen LogP contribution in [-0.4, -0.2) is 19.5 Å². The first-order chi connectivity index (χ1) is 31.2. The van der Waals surface area contributed by atoms with Gasteiger partial charge in [0.15, 0.2) is 5.82 Å². The van der Waals surface area contributed by atoms with Gasteiger partial charge in [-0.05, 0) is 88.3 Å². The first kappa shape index (κ1) is 36.4. The Morgan fingerprint density at radius 2 is 0.810 bits per heavy atom. The number of fused-ring (bicyclic) bond motifs is 6. The highest BCUT2D eigenvalue weighted by Gasteiger charge is 2.19. The Balaban J connectivity index is 1.09. The van der Waals surface area contributed by atoms with Crippen molar-refractivity contribution in [1.29, 1.82) is 0 Å². The van der Waals surface area contributed by atoms with Crippen LogP contribution in [0.5, 0.6) is 0 Å². The first-order valence-electron chi connectivity index (χ1n) is 21.3. The van der Waals surface area contributed by atoms with E-state index in [1.165, 1.54) is 16.3 Å². The van der Waals surface area contributed by atoms with E-state index >= 15 is 0 Å². The molecule has 0 aliphatic carbocycles. The Hall–Kier alpha value is -8.47. The number of hydrogen-bond donors (Lipinski definition) is 0. The third-order valence-electron chi connectivity index (χ3n) is 12.1. The zero-order chi connectivity index (χ0) is 41.7. The maximum Gasteiger partial charge on any atom is 0.160 e. The predicted molar refractivity (Wildman–Crippen MR) is 262 cm³/mol. The molecule has 4 nitrogen and oxygen atoms in total. The van der Waals surface area contributed by atoms with Gasteiger partial charge in [-0.3, -0.25) is 0 Å². The van der Waals surface area contributed by atoms with Gasteiger partial charge in [0.1, 0.15) is 0 Å². The number of rotatable bonds is 7. The summed E-state index contributed by atoms with van der Waals surface area (Å²) in [5.41, 5.74) is 15.6. The number of para-hydroxylation sites is 2. The summed E-state index contributed by atoms with van der Waals surface area (Å²) in [4.78, 5) is 16.1. The normalized spacial score (nSPS) is 11.5. The fourth-order valence-electron chi connectivity index (χ4n) is 9.13. The second-order valence-electron chi connectivity index (χ2n) is 16.0. The van der Waals surface area contributed by atoms with Crippen molar-refractivity contribution in [2.24, 2.45) is 0 Å². The molecule has 3 aromatic heterocycles. The minimum absolute atomic E-state index is 0.670. The van der Waals surface area contributed by atoms with E-state index in [2.05, 4.69) is 217 Å². The summed E-state index contributed by atoms with van der Waals surface area (Å²) in [7, 11) is 0. The molecule has 0 bridgehead atoms. The molecule has 0 amide bonds. The van der Waals surface area contributed by atoms with Crippen molar-refractivity contribution in [3.63, 3.8) is 0 Å².